The van der Waals surface area contributed by atoms with Crippen molar-refractivity contribution in [1.29, 1.82) is 0 Å². The third kappa shape index (κ3) is 2.63. The summed E-state index contributed by atoms with van der Waals surface area (Å²) in [7, 11) is 0. The van der Waals surface area contributed by atoms with Crippen molar-refractivity contribution in [2.24, 2.45) is 0 Å². The Labute approximate surface area is 45.7 Å². The Bertz CT molecular complexity index is 37.4. The average molecular weight is 102 g/mol. The fourth-order valence-electron chi connectivity index (χ4n) is 0.293. The van der Waals surface area contributed by atoms with Crippen molar-refractivity contribution in [3.63, 3.8) is 0 Å². The molecular formula is C6H14O. The van der Waals surface area contributed by atoms with Crippen LogP contribution >= 0.6 is 0 Å². The van der Waals surface area contributed by atoms with Gasteiger partial charge in [0.1, 0.15) is 0 Å². The Morgan fingerprint density at radius 1 is 1.00 bits per heavy atom. The van der Waals surface area contributed by atoms with Gasteiger partial charge in [0.15, 0.2) is 0 Å². The van der Waals surface area contributed by atoms with Crippen LogP contribution in [0.3, 0.4) is 0 Å². The van der Waals surface area contributed by atoms with Crippen molar-refractivity contribution in [2.45, 2.75) is 39.9 Å². The van der Waals surface area contributed by atoms with E-state index >= 15 is 0 Å². The molecule has 0 radical (unpaired) electrons. The van der Waals surface area contributed by atoms with E-state index in [0.29, 0.717) is 12.2 Å². The summed E-state index contributed by atoms with van der Waals surface area (Å²) in [5.41, 5.74) is 0. The van der Waals surface area contributed by atoms with Gasteiger partial charge in [-0.2, -0.15) is 0 Å². The second-order valence-electron chi connectivity index (χ2n) is 1.55. The van der Waals surface area contributed by atoms with Crippen LogP contribution in [-0.2, 0) is 4.74 Å². The minimum absolute atomic E-state index is 0.551. The molecule has 1 heterocycles. The smallest absolute Gasteiger partial charge is 0.0811 e. The molecule has 1 aliphatic rings. The monoisotopic (exact) mass is 102 g/mol. The molecule has 1 saturated heterocycles. The van der Waals surface area contributed by atoms with Gasteiger partial charge in [0, 0.05) is 0 Å². The summed E-state index contributed by atoms with van der Waals surface area (Å²) < 4.78 is 4.92. The summed E-state index contributed by atoms with van der Waals surface area (Å²) in [4.78, 5) is 0. The molecule has 1 nitrogen and oxygen atoms in total. The lowest BCUT2D eigenvalue weighted by molar-refractivity contribution is 0.389. The highest BCUT2D eigenvalue weighted by atomic mass is 16.6. The molecule has 44 valence electrons. The fraction of sp³-hybridized carbons (Fsp3) is 1.00. The largest absolute Gasteiger partial charge is 0.370 e. The molecule has 1 heteroatoms. The van der Waals surface area contributed by atoms with Crippen LogP contribution in [0.5, 0.6) is 0 Å². The summed E-state index contributed by atoms with van der Waals surface area (Å²) in [6.45, 7) is 8.15. The van der Waals surface area contributed by atoms with Crippen molar-refractivity contribution >= 4 is 0 Å². The van der Waals surface area contributed by atoms with Crippen molar-refractivity contribution in [2.75, 3.05) is 0 Å². The van der Waals surface area contributed by atoms with Gasteiger partial charge in [0.05, 0.1) is 12.2 Å². The number of hydrogen-bond acceptors (Lipinski definition) is 1. The summed E-state index contributed by atoms with van der Waals surface area (Å²) in [6, 6.07) is 0. The molecule has 0 aromatic carbocycles. The van der Waals surface area contributed by atoms with Gasteiger partial charge in [-0.1, -0.05) is 13.8 Å². The topological polar surface area (TPSA) is 12.5 Å². The predicted octanol–water partition coefficient (Wildman–Crippen LogP) is 1.82. The van der Waals surface area contributed by atoms with E-state index in [1.807, 2.05) is 13.8 Å². The molecule has 0 spiro atoms. The maximum absolute atomic E-state index is 4.92. The summed E-state index contributed by atoms with van der Waals surface area (Å²) in [5, 5.41) is 0. The molecule has 0 bridgehead atoms. The first-order chi connectivity index (χ1) is 3.30. The molecule has 0 aromatic heterocycles. The first kappa shape index (κ1) is 6.96. The van der Waals surface area contributed by atoms with E-state index in [1.165, 1.54) is 0 Å². The molecule has 0 N–H and O–H groups in total. The molecule has 0 aromatic rings. The lowest BCUT2D eigenvalue weighted by Gasteiger charge is -1.57. The highest BCUT2D eigenvalue weighted by Gasteiger charge is 2.27. The fourth-order valence-corrected chi connectivity index (χ4v) is 0.293. The first-order valence-electron chi connectivity index (χ1n) is 2.96. The standard InChI is InChI=1S/C4H8O.C2H6/c1-3-4(2)5-3;1-2/h3-4H,1-2H3;1-2H3. The Morgan fingerprint density at radius 3 is 1.14 bits per heavy atom. The van der Waals surface area contributed by atoms with Gasteiger partial charge < -0.3 is 4.74 Å². The van der Waals surface area contributed by atoms with Gasteiger partial charge in [-0.05, 0) is 13.8 Å². The lowest BCUT2D eigenvalue weighted by atomic mass is 10.4. The normalized spacial score (nSPS) is 36.0. The van der Waals surface area contributed by atoms with Crippen LogP contribution in [0.15, 0.2) is 0 Å². The molecular weight excluding hydrogens is 88.1 g/mol. The van der Waals surface area contributed by atoms with E-state index < -0.39 is 0 Å². The number of ether oxygens (including phenoxy) is 1. The minimum atomic E-state index is 0.551. The van der Waals surface area contributed by atoms with Gasteiger partial charge in [-0.3, -0.25) is 0 Å². The quantitative estimate of drug-likeness (QED) is 0.425. The highest BCUT2D eigenvalue weighted by Crippen LogP contribution is 2.18. The molecule has 2 atom stereocenters. The van der Waals surface area contributed by atoms with Crippen LogP contribution in [0, 0.1) is 0 Å². The molecule has 0 aliphatic carbocycles. The summed E-state index contributed by atoms with van der Waals surface area (Å²) in [6.07, 6.45) is 1.10. The average Bonchev–Trinajstić information content (AvgIpc) is 2.27. The molecule has 7 heavy (non-hydrogen) atoms. The molecule has 2 unspecified atom stereocenters. The number of rotatable bonds is 0. The van der Waals surface area contributed by atoms with E-state index in [2.05, 4.69) is 13.8 Å². The van der Waals surface area contributed by atoms with E-state index in [-0.39, 0.29) is 0 Å². The van der Waals surface area contributed by atoms with Crippen LogP contribution in [0.4, 0.5) is 0 Å². The number of epoxide rings is 1. The third-order valence-electron chi connectivity index (χ3n) is 1.01. The molecule has 0 amide bonds. The van der Waals surface area contributed by atoms with Crippen LogP contribution in [0.1, 0.15) is 27.7 Å². The Hall–Kier alpha value is -0.0400. The van der Waals surface area contributed by atoms with Crippen molar-refractivity contribution in [1.82, 2.24) is 0 Å². The van der Waals surface area contributed by atoms with Crippen molar-refractivity contribution in [3.8, 4) is 0 Å². The molecule has 1 fully saturated rings. The van der Waals surface area contributed by atoms with Gasteiger partial charge in [0.2, 0.25) is 0 Å². The number of hydrogen-bond donors (Lipinski definition) is 0. The van der Waals surface area contributed by atoms with E-state index in [4.69, 9.17) is 4.74 Å². The second-order valence-corrected chi connectivity index (χ2v) is 1.55. The van der Waals surface area contributed by atoms with Gasteiger partial charge >= 0.3 is 0 Å². The van der Waals surface area contributed by atoms with Gasteiger partial charge in [0.25, 0.3) is 0 Å². The minimum Gasteiger partial charge on any atom is -0.370 e. The first-order valence-corrected chi connectivity index (χ1v) is 2.96. The lowest BCUT2D eigenvalue weighted by Crippen LogP contribution is -1.74. The van der Waals surface area contributed by atoms with E-state index in [1.54, 1.807) is 0 Å². The van der Waals surface area contributed by atoms with Gasteiger partial charge in [-0.15, -0.1) is 0 Å². The predicted molar refractivity (Wildman–Crippen MR) is 31.4 cm³/mol. The second kappa shape index (κ2) is 3.03. The van der Waals surface area contributed by atoms with Crippen LogP contribution in [0.25, 0.3) is 0 Å². The summed E-state index contributed by atoms with van der Waals surface area (Å²) >= 11 is 0. The molecule has 0 saturated carbocycles. The Kier molecular flexibility index (Phi) is 3.01. The van der Waals surface area contributed by atoms with Crippen LogP contribution in [-0.4, -0.2) is 12.2 Å². The maximum Gasteiger partial charge on any atom is 0.0811 e. The molecule has 1 aliphatic heterocycles. The van der Waals surface area contributed by atoms with Crippen LogP contribution < -0.4 is 0 Å². The van der Waals surface area contributed by atoms with E-state index in [0.717, 1.165) is 0 Å². The third-order valence-corrected chi connectivity index (χ3v) is 1.01. The summed E-state index contributed by atoms with van der Waals surface area (Å²) in [5.74, 6) is 0. The van der Waals surface area contributed by atoms with E-state index in [9.17, 15) is 0 Å². The SMILES string of the molecule is CC.CC1OC1C. The molecule has 1 rings (SSSR count). The zero-order chi connectivity index (χ0) is 5.86. The zero-order valence-electron chi connectivity index (χ0n) is 5.56. The Morgan fingerprint density at radius 2 is 1.14 bits per heavy atom. The van der Waals surface area contributed by atoms with Crippen molar-refractivity contribution in [3.05, 3.63) is 0 Å². The van der Waals surface area contributed by atoms with Crippen molar-refractivity contribution < 1.29 is 4.74 Å². The highest BCUT2D eigenvalue weighted by molar-refractivity contribution is 4.73. The zero-order valence-corrected chi connectivity index (χ0v) is 5.56. The van der Waals surface area contributed by atoms with Crippen LogP contribution in [0.2, 0.25) is 0 Å². The Balaban J connectivity index is 0.000000162. The van der Waals surface area contributed by atoms with Gasteiger partial charge in [-0.25, -0.2) is 0 Å². The maximum atomic E-state index is 4.92.